The van der Waals surface area contributed by atoms with Crippen LogP contribution in [0.25, 0.3) is 0 Å². The fourth-order valence-corrected chi connectivity index (χ4v) is 1.97. The van der Waals surface area contributed by atoms with Gasteiger partial charge in [0.15, 0.2) is 0 Å². The third-order valence-electron chi connectivity index (χ3n) is 2.60. The van der Waals surface area contributed by atoms with E-state index in [0.29, 0.717) is 10.8 Å². The second kappa shape index (κ2) is 5.71. The lowest BCUT2D eigenvalue weighted by molar-refractivity contribution is 0.312. The van der Waals surface area contributed by atoms with Crippen LogP contribution in [-0.4, -0.2) is 7.11 Å². The highest BCUT2D eigenvalue weighted by Crippen LogP contribution is 2.32. The smallest absolute Gasteiger partial charge is 0.137 e. The zero-order chi connectivity index (χ0) is 13.1. The van der Waals surface area contributed by atoms with E-state index in [1.165, 1.54) is 0 Å². The minimum Gasteiger partial charge on any atom is -0.495 e. The molecular weight excluding hydrogens is 236 g/mol. The molecule has 0 aliphatic rings. The van der Waals surface area contributed by atoms with E-state index in [9.17, 15) is 0 Å². The van der Waals surface area contributed by atoms with E-state index in [0.717, 1.165) is 12.0 Å². The van der Waals surface area contributed by atoms with E-state index in [4.69, 9.17) is 22.2 Å². The highest BCUT2D eigenvalue weighted by Gasteiger charge is 2.20. The maximum atomic E-state index is 6.00. The second-order valence-corrected chi connectivity index (χ2v) is 5.79. The molecule has 96 valence electrons. The molecule has 1 aromatic rings. The van der Waals surface area contributed by atoms with Crippen LogP contribution in [0.5, 0.6) is 5.75 Å². The second-order valence-electron chi connectivity index (χ2n) is 5.38. The third-order valence-corrected chi connectivity index (χ3v) is 2.91. The molecule has 0 aliphatic carbocycles. The Morgan fingerprint density at radius 1 is 1.41 bits per heavy atom. The van der Waals surface area contributed by atoms with Crippen molar-refractivity contribution in [3.8, 4) is 5.75 Å². The van der Waals surface area contributed by atoms with Crippen LogP contribution in [0.4, 0.5) is 0 Å². The summed E-state index contributed by atoms with van der Waals surface area (Å²) in [6.45, 7) is 6.56. The number of hydrazine groups is 1. The van der Waals surface area contributed by atoms with Gasteiger partial charge >= 0.3 is 0 Å². The number of rotatable bonds is 4. The lowest BCUT2D eigenvalue weighted by Gasteiger charge is -2.26. The van der Waals surface area contributed by atoms with Crippen LogP contribution in [0, 0.1) is 5.41 Å². The molecule has 0 heterocycles. The minimum atomic E-state index is 0.0983. The molecule has 0 spiro atoms. The summed E-state index contributed by atoms with van der Waals surface area (Å²) in [6, 6.07) is 5.84. The summed E-state index contributed by atoms with van der Waals surface area (Å²) < 4.78 is 5.21. The topological polar surface area (TPSA) is 47.3 Å². The largest absolute Gasteiger partial charge is 0.495 e. The Bertz CT molecular complexity index is 374. The van der Waals surface area contributed by atoms with E-state index in [2.05, 4.69) is 26.2 Å². The molecule has 0 radical (unpaired) electrons. The predicted octanol–water partition coefficient (Wildman–Crippen LogP) is 3.29. The Morgan fingerprint density at radius 3 is 2.53 bits per heavy atom. The minimum absolute atomic E-state index is 0.0983. The molecule has 0 saturated carbocycles. The number of hydrogen-bond donors (Lipinski definition) is 2. The first-order valence-corrected chi connectivity index (χ1v) is 6.05. The van der Waals surface area contributed by atoms with E-state index in [1.54, 1.807) is 7.11 Å². The van der Waals surface area contributed by atoms with Crippen molar-refractivity contribution in [3.05, 3.63) is 28.8 Å². The van der Waals surface area contributed by atoms with Gasteiger partial charge in [0.25, 0.3) is 0 Å². The van der Waals surface area contributed by atoms with Gasteiger partial charge in [0.2, 0.25) is 0 Å². The highest BCUT2D eigenvalue weighted by molar-refractivity contribution is 6.32. The molecule has 3 N–H and O–H groups in total. The van der Waals surface area contributed by atoms with Crippen molar-refractivity contribution in [3.63, 3.8) is 0 Å². The summed E-state index contributed by atoms with van der Waals surface area (Å²) in [7, 11) is 1.61. The molecule has 0 saturated heterocycles. The molecule has 1 unspecified atom stereocenters. The maximum absolute atomic E-state index is 6.00. The van der Waals surface area contributed by atoms with Crippen LogP contribution in [0.3, 0.4) is 0 Å². The fourth-order valence-electron chi connectivity index (χ4n) is 1.78. The van der Waals surface area contributed by atoms with Gasteiger partial charge in [0.1, 0.15) is 5.75 Å². The lowest BCUT2D eigenvalue weighted by Crippen LogP contribution is -2.31. The third kappa shape index (κ3) is 4.19. The number of halogens is 1. The summed E-state index contributed by atoms with van der Waals surface area (Å²) in [5.41, 5.74) is 4.13. The number of ether oxygens (including phenoxy) is 1. The molecule has 17 heavy (non-hydrogen) atoms. The molecule has 1 rings (SSSR count). The van der Waals surface area contributed by atoms with Crippen molar-refractivity contribution in [1.29, 1.82) is 0 Å². The molecule has 1 atom stereocenters. The van der Waals surface area contributed by atoms with Crippen LogP contribution in [0.15, 0.2) is 18.2 Å². The Balaban J connectivity index is 2.96. The molecule has 3 nitrogen and oxygen atoms in total. The number of hydrogen-bond acceptors (Lipinski definition) is 3. The molecular formula is C13H21ClN2O. The van der Waals surface area contributed by atoms with Crippen molar-refractivity contribution < 1.29 is 4.74 Å². The molecule has 4 heteroatoms. The van der Waals surface area contributed by atoms with Crippen molar-refractivity contribution in [2.45, 2.75) is 33.2 Å². The van der Waals surface area contributed by atoms with Gasteiger partial charge in [-0.3, -0.25) is 11.3 Å². The Kier molecular flexibility index (Phi) is 4.80. The highest BCUT2D eigenvalue weighted by atomic mass is 35.5. The normalized spacial score (nSPS) is 13.5. The van der Waals surface area contributed by atoms with E-state index in [-0.39, 0.29) is 11.5 Å². The SMILES string of the molecule is COc1cc(C(CC(C)(C)C)NN)ccc1Cl. The van der Waals surface area contributed by atoms with Gasteiger partial charge in [-0.25, -0.2) is 0 Å². The number of nitrogens with two attached hydrogens (primary N) is 1. The first kappa shape index (κ1) is 14.3. The molecule has 0 amide bonds. The van der Waals surface area contributed by atoms with Crippen molar-refractivity contribution in [2.75, 3.05) is 7.11 Å². The average Bonchev–Trinajstić information content (AvgIpc) is 2.25. The Hall–Kier alpha value is -0.770. The van der Waals surface area contributed by atoms with Crippen molar-refractivity contribution >= 4 is 11.6 Å². The van der Waals surface area contributed by atoms with Gasteiger partial charge in [0.05, 0.1) is 12.1 Å². The first-order chi connectivity index (χ1) is 7.87. The summed E-state index contributed by atoms with van der Waals surface area (Å²) in [5, 5.41) is 0.614. The van der Waals surface area contributed by atoms with Crippen molar-refractivity contribution in [2.24, 2.45) is 11.3 Å². The van der Waals surface area contributed by atoms with Gasteiger partial charge in [-0.15, -0.1) is 0 Å². The Morgan fingerprint density at radius 2 is 2.06 bits per heavy atom. The summed E-state index contributed by atoms with van der Waals surface area (Å²) in [6.07, 6.45) is 0.939. The van der Waals surface area contributed by atoms with Gasteiger partial charge in [-0.1, -0.05) is 38.4 Å². The number of methoxy groups -OCH3 is 1. The van der Waals surface area contributed by atoms with Gasteiger partial charge in [-0.05, 0) is 29.5 Å². The predicted molar refractivity (Wildman–Crippen MR) is 72.1 cm³/mol. The number of benzene rings is 1. The van der Waals surface area contributed by atoms with Crippen LogP contribution in [-0.2, 0) is 0 Å². The maximum Gasteiger partial charge on any atom is 0.137 e. The van der Waals surface area contributed by atoms with Crippen LogP contribution in [0.2, 0.25) is 5.02 Å². The summed E-state index contributed by atoms with van der Waals surface area (Å²) in [4.78, 5) is 0. The molecule has 0 aromatic heterocycles. The van der Waals surface area contributed by atoms with E-state index >= 15 is 0 Å². The van der Waals surface area contributed by atoms with Crippen LogP contribution in [0.1, 0.15) is 38.8 Å². The van der Waals surface area contributed by atoms with Crippen LogP contribution >= 0.6 is 11.6 Å². The quantitative estimate of drug-likeness (QED) is 0.642. The Labute approximate surface area is 108 Å². The van der Waals surface area contributed by atoms with E-state index in [1.807, 2.05) is 18.2 Å². The fraction of sp³-hybridized carbons (Fsp3) is 0.538. The van der Waals surface area contributed by atoms with Gasteiger partial charge in [-0.2, -0.15) is 0 Å². The zero-order valence-corrected chi connectivity index (χ0v) is 11.6. The van der Waals surface area contributed by atoms with E-state index < -0.39 is 0 Å². The monoisotopic (exact) mass is 256 g/mol. The van der Waals surface area contributed by atoms with Gasteiger partial charge in [0, 0.05) is 6.04 Å². The summed E-state index contributed by atoms with van der Waals surface area (Å²) >= 11 is 6.00. The first-order valence-electron chi connectivity index (χ1n) is 5.67. The van der Waals surface area contributed by atoms with Crippen molar-refractivity contribution in [1.82, 2.24) is 5.43 Å². The molecule has 0 bridgehead atoms. The standard InChI is InChI=1S/C13H21ClN2O/c1-13(2,3)8-11(16-15)9-5-6-10(14)12(7-9)17-4/h5-7,11,16H,8,15H2,1-4H3. The number of nitrogens with one attached hydrogen (secondary N) is 1. The molecule has 0 aliphatic heterocycles. The summed E-state index contributed by atoms with van der Waals surface area (Å²) in [5.74, 6) is 6.30. The van der Waals surface area contributed by atoms with Gasteiger partial charge < -0.3 is 4.74 Å². The zero-order valence-electron chi connectivity index (χ0n) is 10.9. The van der Waals surface area contributed by atoms with Crippen LogP contribution < -0.4 is 16.0 Å². The molecule has 0 fully saturated rings. The average molecular weight is 257 g/mol. The lowest BCUT2D eigenvalue weighted by atomic mass is 9.86. The molecule has 1 aromatic carbocycles.